The van der Waals surface area contributed by atoms with Gasteiger partial charge < -0.3 is 9.13 Å². The van der Waals surface area contributed by atoms with Gasteiger partial charge in [0.15, 0.2) is 0 Å². The minimum absolute atomic E-state index is 0.508. The van der Waals surface area contributed by atoms with Crippen molar-refractivity contribution in [3.8, 4) is 79.4 Å². The van der Waals surface area contributed by atoms with Gasteiger partial charge in [-0.15, -0.1) is 0 Å². The number of aryl methyl sites for hydroxylation is 1. The third-order valence-electron chi connectivity index (χ3n) is 12.9. The van der Waals surface area contributed by atoms with Crippen molar-refractivity contribution in [3.63, 3.8) is 0 Å². The van der Waals surface area contributed by atoms with E-state index in [4.69, 9.17) is 9.97 Å². The number of fused-ring (bicyclic) bond motifs is 6. The van der Waals surface area contributed by atoms with E-state index < -0.39 is 0 Å². The Balaban J connectivity index is 1.13. The number of para-hydroxylation sites is 2. The molecule has 4 aromatic heterocycles. The molecule has 6 heteroatoms. The van der Waals surface area contributed by atoms with Crippen molar-refractivity contribution in [1.29, 1.82) is 10.5 Å². The summed E-state index contributed by atoms with van der Waals surface area (Å²) in [5, 5.41) is 26.2. The van der Waals surface area contributed by atoms with E-state index in [0.717, 1.165) is 116 Å². The van der Waals surface area contributed by atoms with Gasteiger partial charge in [-0.25, -0.2) is 0 Å². The molecule has 0 saturated carbocycles. The molecule has 0 amide bonds. The fraction of sp³-hybridized carbons (Fsp3) is 0.0164. The molecule has 0 bridgehead atoms. The second kappa shape index (κ2) is 16.0. The van der Waals surface area contributed by atoms with Gasteiger partial charge in [0.05, 0.1) is 56.5 Å². The van der Waals surface area contributed by atoms with Crippen LogP contribution in [-0.2, 0) is 0 Å². The van der Waals surface area contributed by atoms with Crippen LogP contribution in [0.5, 0.6) is 0 Å². The lowest BCUT2D eigenvalue weighted by Crippen LogP contribution is -2.06. The second-order valence-electron chi connectivity index (χ2n) is 16.9. The molecule has 312 valence electrons. The first-order chi connectivity index (χ1) is 33.1. The first-order valence-electron chi connectivity index (χ1n) is 22.3. The predicted molar refractivity (Wildman–Crippen MR) is 272 cm³/mol. The Bertz CT molecular complexity index is 4010. The molecular formula is C61H38N6. The summed E-state index contributed by atoms with van der Waals surface area (Å²) in [4.78, 5) is 9.70. The molecule has 0 N–H and O–H groups in total. The Morgan fingerprint density at radius 1 is 0.388 bits per heavy atom. The largest absolute Gasteiger partial charge is 0.308 e. The second-order valence-corrected chi connectivity index (χ2v) is 16.9. The summed E-state index contributed by atoms with van der Waals surface area (Å²) in [7, 11) is 0. The highest BCUT2D eigenvalue weighted by Crippen LogP contribution is 2.44. The molecule has 0 aliphatic rings. The summed E-state index contributed by atoms with van der Waals surface area (Å²) >= 11 is 0. The number of benzene rings is 8. The quantitative estimate of drug-likeness (QED) is 0.160. The van der Waals surface area contributed by atoms with Gasteiger partial charge in [0.1, 0.15) is 11.6 Å². The lowest BCUT2D eigenvalue weighted by Gasteiger charge is -2.20. The number of rotatable bonds is 7. The highest BCUT2D eigenvalue weighted by atomic mass is 15.0. The summed E-state index contributed by atoms with van der Waals surface area (Å²) in [6.45, 7) is 2.01. The van der Waals surface area contributed by atoms with Gasteiger partial charge in [-0.05, 0) is 95.9 Å². The maximum absolute atomic E-state index is 11.7. The van der Waals surface area contributed by atoms with E-state index in [2.05, 4.69) is 161 Å². The minimum Gasteiger partial charge on any atom is -0.308 e. The number of hydrogen-bond donors (Lipinski definition) is 0. The molecule has 12 aromatic rings. The maximum Gasteiger partial charge on any atom is 0.104 e. The monoisotopic (exact) mass is 854 g/mol. The van der Waals surface area contributed by atoms with Crippen molar-refractivity contribution in [2.75, 3.05) is 0 Å². The number of nitrogens with zero attached hydrogens (tertiary/aromatic N) is 6. The number of aromatic nitrogens is 4. The van der Waals surface area contributed by atoms with Crippen molar-refractivity contribution in [2.45, 2.75) is 6.92 Å². The fourth-order valence-electron chi connectivity index (χ4n) is 10.1. The van der Waals surface area contributed by atoms with Gasteiger partial charge in [0.2, 0.25) is 0 Å². The van der Waals surface area contributed by atoms with Crippen LogP contribution in [0.3, 0.4) is 0 Å². The molecule has 0 unspecified atom stereocenters. The Labute approximate surface area is 387 Å². The molecule has 0 saturated heterocycles. The lowest BCUT2D eigenvalue weighted by atomic mass is 9.95. The molecule has 0 spiro atoms. The van der Waals surface area contributed by atoms with Gasteiger partial charge in [0.25, 0.3) is 0 Å². The van der Waals surface area contributed by atoms with E-state index in [0.29, 0.717) is 11.1 Å². The summed E-state index contributed by atoms with van der Waals surface area (Å²) in [6.07, 6.45) is 3.69. The van der Waals surface area contributed by atoms with E-state index >= 15 is 0 Å². The van der Waals surface area contributed by atoms with E-state index in [9.17, 15) is 10.5 Å². The van der Waals surface area contributed by atoms with Crippen LogP contribution in [-0.4, -0.2) is 19.1 Å². The van der Waals surface area contributed by atoms with E-state index in [1.54, 1.807) is 0 Å². The molecule has 12 rings (SSSR count). The van der Waals surface area contributed by atoms with Crippen LogP contribution in [0.2, 0.25) is 0 Å². The van der Waals surface area contributed by atoms with Crippen LogP contribution in [0.15, 0.2) is 213 Å². The Hall–Kier alpha value is -9.36. The zero-order valence-electron chi connectivity index (χ0n) is 36.4. The van der Waals surface area contributed by atoms with Crippen LogP contribution in [0.25, 0.3) is 111 Å². The number of hydrogen-bond acceptors (Lipinski definition) is 4. The van der Waals surface area contributed by atoms with Crippen molar-refractivity contribution in [2.24, 2.45) is 0 Å². The molecule has 0 aliphatic carbocycles. The van der Waals surface area contributed by atoms with Crippen molar-refractivity contribution in [1.82, 2.24) is 19.1 Å². The molecular weight excluding hydrogens is 817 g/mol. The van der Waals surface area contributed by atoms with Crippen LogP contribution >= 0.6 is 0 Å². The summed E-state index contributed by atoms with van der Waals surface area (Å²) in [6, 6.07) is 74.1. The van der Waals surface area contributed by atoms with E-state index in [1.807, 2.05) is 80.0 Å². The van der Waals surface area contributed by atoms with Crippen LogP contribution in [0, 0.1) is 29.6 Å². The predicted octanol–water partition coefficient (Wildman–Crippen LogP) is 15.1. The van der Waals surface area contributed by atoms with Crippen LogP contribution in [0.4, 0.5) is 0 Å². The normalized spacial score (nSPS) is 11.3. The van der Waals surface area contributed by atoms with Gasteiger partial charge in [-0.3, -0.25) is 9.97 Å². The first kappa shape index (κ1) is 39.2. The third-order valence-corrected chi connectivity index (χ3v) is 12.9. The van der Waals surface area contributed by atoms with Crippen molar-refractivity contribution in [3.05, 3.63) is 229 Å². The topological polar surface area (TPSA) is 83.2 Å². The van der Waals surface area contributed by atoms with E-state index in [-0.39, 0.29) is 0 Å². The highest BCUT2D eigenvalue weighted by Gasteiger charge is 2.25. The standard InChI is InChI=1S/C61H38N6/c1-39-32-40(37-62)34-45(33-39)48-26-29-58(66-54-22-10-8-18-49(54)51-35-43(24-27-56(51)66)46-20-12-30-64-59(46)41-14-4-2-5-15-41)53(38-63)61(48)67-55-23-11-9-19-50(55)52-36-44(25-28-57(52)67)47-21-13-31-65-60(47)42-16-6-3-7-17-42/h2-36H,1H3. The summed E-state index contributed by atoms with van der Waals surface area (Å²) < 4.78 is 4.49. The summed E-state index contributed by atoms with van der Waals surface area (Å²) in [5.74, 6) is 0. The molecule has 0 atom stereocenters. The zero-order chi connectivity index (χ0) is 45.0. The van der Waals surface area contributed by atoms with Crippen molar-refractivity contribution >= 4 is 43.6 Å². The average Bonchev–Trinajstić information content (AvgIpc) is 3.90. The number of nitriles is 2. The highest BCUT2D eigenvalue weighted by molar-refractivity contribution is 6.13. The Morgan fingerprint density at radius 2 is 0.910 bits per heavy atom. The Kier molecular flexibility index (Phi) is 9.38. The average molecular weight is 855 g/mol. The molecule has 4 heterocycles. The molecule has 0 aliphatic heterocycles. The molecule has 67 heavy (non-hydrogen) atoms. The van der Waals surface area contributed by atoms with Gasteiger partial charge in [0, 0.05) is 61.8 Å². The first-order valence-corrected chi connectivity index (χ1v) is 22.3. The SMILES string of the molecule is Cc1cc(C#N)cc(-c2ccc(-n3c4ccccc4c4cc(-c5cccnc5-c5ccccc5)ccc43)c(C#N)c2-n2c3ccccc3c3cc(-c4cccnc4-c4ccccc4)ccc32)c1. The van der Waals surface area contributed by atoms with E-state index in [1.165, 1.54) is 0 Å². The number of pyridine rings is 2. The maximum atomic E-state index is 11.7. The zero-order valence-corrected chi connectivity index (χ0v) is 36.4. The molecule has 0 fully saturated rings. The van der Waals surface area contributed by atoms with Crippen molar-refractivity contribution < 1.29 is 0 Å². The molecule has 8 aromatic carbocycles. The van der Waals surface area contributed by atoms with Gasteiger partial charge >= 0.3 is 0 Å². The minimum atomic E-state index is 0.508. The summed E-state index contributed by atoms with van der Waals surface area (Å²) in [5.41, 5.74) is 17.2. The van der Waals surface area contributed by atoms with Gasteiger partial charge in [-0.2, -0.15) is 10.5 Å². The smallest absolute Gasteiger partial charge is 0.104 e. The fourth-order valence-corrected chi connectivity index (χ4v) is 10.1. The lowest BCUT2D eigenvalue weighted by molar-refractivity contribution is 1.12. The molecule has 6 nitrogen and oxygen atoms in total. The molecule has 0 radical (unpaired) electrons. The third kappa shape index (κ3) is 6.47. The van der Waals surface area contributed by atoms with Crippen LogP contribution < -0.4 is 0 Å². The van der Waals surface area contributed by atoms with Gasteiger partial charge in [-0.1, -0.05) is 133 Å². The van der Waals surface area contributed by atoms with Crippen LogP contribution in [0.1, 0.15) is 16.7 Å². The Morgan fingerprint density at radius 3 is 1.48 bits per heavy atom.